The smallest absolute Gasteiger partial charge is 0.387 e. The number of nitrogens with zero attached hydrogens (tertiary/aromatic N) is 1. The van der Waals surface area contributed by atoms with Gasteiger partial charge in [-0.3, -0.25) is 4.90 Å². The van der Waals surface area contributed by atoms with Crippen molar-refractivity contribution in [2.24, 2.45) is 0 Å². The molecule has 0 spiro atoms. The van der Waals surface area contributed by atoms with Gasteiger partial charge in [0.1, 0.15) is 5.75 Å². The van der Waals surface area contributed by atoms with Crippen LogP contribution in [0.1, 0.15) is 32.3 Å². The van der Waals surface area contributed by atoms with Gasteiger partial charge in [0.2, 0.25) is 0 Å². The molecule has 0 aromatic heterocycles. The second-order valence-electron chi connectivity index (χ2n) is 4.65. The molecule has 0 bridgehead atoms. The minimum atomic E-state index is -2.82. The molecule has 0 aliphatic heterocycles. The van der Waals surface area contributed by atoms with Crippen molar-refractivity contribution >= 4 is 0 Å². The molecule has 0 aliphatic carbocycles. The highest BCUT2D eigenvalue weighted by molar-refractivity contribution is 5.33. The van der Waals surface area contributed by atoms with Crippen LogP contribution in [-0.4, -0.2) is 35.8 Å². The highest BCUT2D eigenvalue weighted by atomic mass is 19.3. The van der Waals surface area contributed by atoms with Gasteiger partial charge in [-0.2, -0.15) is 8.78 Å². The van der Waals surface area contributed by atoms with Gasteiger partial charge in [-0.1, -0.05) is 32.0 Å². The molecule has 1 aromatic rings. The largest absolute Gasteiger partial charge is 0.434 e. The predicted octanol–water partition coefficient (Wildman–Crippen LogP) is 3.27. The molecule has 0 saturated heterocycles. The molecule has 3 nitrogen and oxygen atoms in total. The van der Waals surface area contributed by atoms with Gasteiger partial charge in [-0.25, -0.2) is 0 Å². The minimum Gasteiger partial charge on any atom is -0.434 e. The zero-order valence-corrected chi connectivity index (χ0v) is 12.1. The van der Waals surface area contributed by atoms with E-state index in [2.05, 4.69) is 23.5 Å². The molecule has 0 amide bonds. The number of aliphatic hydroxyl groups excluding tert-OH is 1. The molecule has 1 N–H and O–H groups in total. The van der Waals surface area contributed by atoms with Crippen LogP contribution in [0.4, 0.5) is 8.78 Å². The number of benzene rings is 1. The van der Waals surface area contributed by atoms with Crippen LogP contribution in [0.2, 0.25) is 0 Å². The van der Waals surface area contributed by atoms with Crippen LogP contribution < -0.4 is 4.74 Å². The molecule has 0 atom stereocenters. The summed E-state index contributed by atoms with van der Waals surface area (Å²) in [6.45, 7) is 2.41. The summed E-state index contributed by atoms with van der Waals surface area (Å²) >= 11 is 0. The summed E-state index contributed by atoms with van der Waals surface area (Å²) in [6, 6.07) is 7.13. The Labute approximate surface area is 119 Å². The van der Waals surface area contributed by atoms with E-state index in [1.54, 1.807) is 24.3 Å². The van der Waals surface area contributed by atoms with E-state index < -0.39 is 6.61 Å². The fourth-order valence-corrected chi connectivity index (χ4v) is 2.39. The van der Waals surface area contributed by atoms with E-state index in [0.29, 0.717) is 24.7 Å². The van der Waals surface area contributed by atoms with Crippen molar-refractivity contribution < 1.29 is 18.6 Å². The highest BCUT2D eigenvalue weighted by Crippen LogP contribution is 2.23. The van der Waals surface area contributed by atoms with Crippen LogP contribution in [0.5, 0.6) is 5.75 Å². The van der Waals surface area contributed by atoms with Crippen LogP contribution in [-0.2, 0) is 6.54 Å². The van der Waals surface area contributed by atoms with Gasteiger partial charge in [-0.15, -0.1) is 0 Å². The zero-order chi connectivity index (χ0) is 15.0. The number of rotatable bonds is 9. The highest BCUT2D eigenvalue weighted by Gasteiger charge is 2.17. The van der Waals surface area contributed by atoms with E-state index >= 15 is 0 Å². The van der Waals surface area contributed by atoms with Gasteiger partial charge in [0, 0.05) is 24.7 Å². The second-order valence-corrected chi connectivity index (χ2v) is 4.65. The number of alkyl halides is 2. The molecule has 0 unspecified atom stereocenters. The third-order valence-electron chi connectivity index (χ3n) is 3.41. The van der Waals surface area contributed by atoms with Gasteiger partial charge in [0.25, 0.3) is 0 Å². The maximum absolute atomic E-state index is 12.4. The minimum absolute atomic E-state index is 0.0500. The van der Waals surface area contributed by atoms with Crippen molar-refractivity contribution in [3.05, 3.63) is 29.8 Å². The molecule has 0 radical (unpaired) electrons. The molecule has 5 heteroatoms. The number of hydrogen-bond acceptors (Lipinski definition) is 3. The van der Waals surface area contributed by atoms with Gasteiger partial charge in [0.05, 0.1) is 6.61 Å². The number of halogens is 2. The van der Waals surface area contributed by atoms with Crippen LogP contribution in [0.3, 0.4) is 0 Å². The molecule has 0 saturated carbocycles. The predicted molar refractivity (Wildman–Crippen MR) is 74.9 cm³/mol. The molecule has 114 valence electrons. The molecule has 0 fully saturated rings. The summed E-state index contributed by atoms with van der Waals surface area (Å²) in [6.07, 6.45) is 1.91. The summed E-state index contributed by atoms with van der Waals surface area (Å²) in [4.78, 5) is 2.10. The number of para-hydroxylation sites is 1. The Morgan fingerprint density at radius 2 is 1.85 bits per heavy atom. The molecule has 1 aromatic carbocycles. The standard InChI is InChI=1S/C15H23F2NO2/c1-3-13(4-2)18(9-10-19)11-12-7-5-6-8-14(12)20-15(16)17/h5-8,13,15,19H,3-4,9-11H2,1-2H3. The average Bonchev–Trinajstić information content (AvgIpc) is 2.42. The molecule has 0 aliphatic rings. The van der Waals surface area contributed by atoms with Crippen LogP contribution >= 0.6 is 0 Å². The fourth-order valence-electron chi connectivity index (χ4n) is 2.39. The van der Waals surface area contributed by atoms with E-state index in [1.807, 2.05) is 0 Å². The fraction of sp³-hybridized carbons (Fsp3) is 0.600. The molecule has 20 heavy (non-hydrogen) atoms. The van der Waals surface area contributed by atoms with Crippen molar-refractivity contribution in [1.29, 1.82) is 0 Å². The van der Waals surface area contributed by atoms with E-state index in [0.717, 1.165) is 12.8 Å². The third-order valence-corrected chi connectivity index (χ3v) is 3.41. The Bertz CT molecular complexity index is 384. The van der Waals surface area contributed by atoms with E-state index in [1.165, 1.54) is 0 Å². The first-order valence-corrected chi connectivity index (χ1v) is 6.99. The Balaban J connectivity index is 2.87. The van der Waals surface area contributed by atoms with Crippen LogP contribution in [0.15, 0.2) is 24.3 Å². The van der Waals surface area contributed by atoms with Gasteiger partial charge in [-0.05, 0) is 18.9 Å². The molecule has 1 rings (SSSR count). The van der Waals surface area contributed by atoms with Crippen molar-refractivity contribution in [3.8, 4) is 5.75 Å². The second kappa shape index (κ2) is 8.87. The summed E-state index contributed by atoms with van der Waals surface area (Å²) in [5.41, 5.74) is 0.716. The summed E-state index contributed by atoms with van der Waals surface area (Å²) < 4.78 is 29.4. The van der Waals surface area contributed by atoms with Gasteiger partial charge in [0.15, 0.2) is 0 Å². The van der Waals surface area contributed by atoms with Crippen molar-refractivity contribution in [3.63, 3.8) is 0 Å². The first-order valence-electron chi connectivity index (χ1n) is 6.99. The Hall–Kier alpha value is -1.20. The van der Waals surface area contributed by atoms with Crippen LogP contribution in [0, 0.1) is 0 Å². The maximum atomic E-state index is 12.4. The third kappa shape index (κ3) is 5.06. The lowest BCUT2D eigenvalue weighted by molar-refractivity contribution is -0.0509. The summed E-state index contributed by atoms with van der Waals surface area (Å²) in [7, 11) is 0. The quantitative estimate of drug-likeness (QED) is 0.756. The first-order chi connectivity index (χ1) is 9.62. The Morgan fingerprint density at radius 1 is 1.20 bits per heavy atom. The Morgan fingerprint density at radius 3 is 2.40 bits per heavy atom. The van der Waals surface area contributed by atoms with Crippen molar-refractivity contribution in [2.75, 3.05) is 13.2 Å². The van der Waals surface area contributed by atoms with Crippen LogP contribution in [0.25, 0.3) is 0 Å². The number of aliphatic hydroxyl groups is 1. The molecule has 0 heterocycles. The first kappa shape index (κ1) is 16.9. The normalized spacial score (nSPS) is 11.6. The average molecular weight is 287 g/mol. The molecular formula is C15H23F2NO2. The summed E-state index contributed by atoms with van der Waals surface area (Å²) in [5.74, 6) is 0.205. The number of ether oxygens (including phenoxy) is 1. The monoisotopic (exact) mass is 287 g/mol. The van der Waals surface area contributed by atoms with E-state index in [-0.39, 0.29) is 12.4 Å². The lowest BCUT2D eigenvalue weighted by Gasteiger charge is -2.30. The van der Waals surface area contributed by atoms with E-state index in [9.17, 15) is 13.9 Å². The topological polar surface area (TPSA) is 32.7 Å². The lowest BCUT2D eigenvalue weighted by Crippen LogP contribution is -2.36. The van der Waals surface area contributed by atoms with Gasteiger partial charge < -0.3 is 9.84 Å². The van der Waals surface area contributed by atoms with Crippen molar-refractivity contribution in [1.82, 2.24) is 4.90 Å². The maximum Gasteiger partial charge on any atom is 0.387 e. The molecular weight excluding hydrogens is 264 g/mol. The van der Waals surface area contributed by atoms with E-state index in [4.69, 9.17) is 0 Å². The zero-order valence-electron chi connectivity index (χ0n) is 12.1. The van der Waals surface area contributed by atoms with Gasteiger partial charge >= 0.3 is 6.61 Å². The lowest BCUT2D eigenvalue weighted by atomic mass is 10.1. The Kier molecular flexibility index (Phi) is 7.47. The summed E-state index contributed by atoms with van der Waals surface area (Å²) in [5, 5.41) is 9.18. The number of hydrogen-bond donors (Lipinski definition) is 1. The SMILES string of the molecule is CCC(CC)N(CCO)Cc1ccccc1OC(F)F. The van der Waals surface area contributed by atoms with Crippen molar-refractivity contribution in [2.45, 2.75) is 45.9 Å².